The summed E-state index contributed by atoms with van der Waals surface area (Å²) in [7, 11) is -4.75. The van der Waals surface area contributed by atoms with E-state index < -0.39 is 7.82 Å². The third-order valence-electron chi connectivity index (χ3n) is 5.25. The van der Waals surface area contributed by atoms with Crippen LogP contribution in [0.4, 0.5) is 0 Å². The van der Waals surface area contributed by atoms with Crippen molar-refractivity contribution in [1.82, 2.24) is 0 Å². The standard InChI is InChI=1S/C16H35O4P.C6H12.2K/c1-2-3-4-5-6-7-8-9-10-11-12-13-14-15-16-20-21(17,18)19;1-2-4-6-5-3-1;;/h2-16H2,1H3,(H2,17,18,19);1-6H2;;/q;;2*+1/p-2. The van der Waals surface area contributed by atoms with Crippen molar-refractivity contribution >= 4 is 7.82 Å². The molecule has 1 saturated carbocycles. The topological polar surface area (TPSA) is 72.4 Å². The van der Waals surface area contributed by atoms with Crippen LogP contribution in [0.25, 0.3) is 0 Å². The van der Waals surface area contributed by atoms with E-state index in [0.29, 0.717) is 6.42 Å². The maximum absolute atomic E-state index is 10.2. The smallest absolute Gasteiger partial charge is 0.790 e. The zero-order valence-corrected chi connectivity index (χ0v) is 27.1. The van der Waals surface area contributed by atoms with E-state index >= 15 is 0 Å². The maximum Gasteiger partial charge on any atom is 1.00 e. The molecule has 0 aromatic carbocycles. The van der Waals surface area contributed by atoms with E-state index in [1.54, 1.807) is 0 Å². The molecule has 4 nitrogen and oxygen atoms in total. The monoisotopic (exact) mass is 482 g/mol. The Hall–Kier alpha value is 3.38. The van der Waals surface area contributed by atoms with Crippen LogP contribution in [0.15, 0.2) is 0 Å². The molecule has 0 spiro atoms. The molecule has 0 amide bonds. The zero-order valence-electron chi connectivity index (χ0n) is 19.9. The number of unbranched alkanes of at least 4 members (excludes halogenated alkanes) is 13. The van der Waals surface area contributed by atoms with Crippen LogP contribution >= 0.6 is 7.82 Å². The molecular weight excluding hydrogens is 437 g/mol. The Kier molecular flexibility index (Phi) is 37.5. The fourth-order valence-electron chi connectivity index (χ4n) is 3.53. The van der Waals surface area contributed by atoms with Gasteiger partial charge in [0.25, 0.3) is 0 Å². The van der Waals surface area contributed by atoms with Gasteiger partial charge >= 0.3 is 103 Å². The first-order valence-corrected chi connectivity index (χ1v) is 13.2. The van der Waals surface area contributed by atoms with E-state index in [-0.39, 0.29) is 109 Å². The summed E-state index contributed by atoms with van der Waals surface area (Å²) >= 11 is 0. The molecule has 1 aliphatic rings. The van der Waals surface area contributed by atoms with Crippen molar-refractivity contribution in [3.63, 3.8) is 0 Å². The summed E-state index contributed by atoms with van der Waals surface area (Å²) in [6, 6.07) is 0. The molecule has 0 unspecified atom stereocenters. The molecule has 7 heteroatoms. The SMILES string of the molecule is C1CCCCC1.CCCCCCCCCCCCCCCCOP(=O)([O-])[O-].[K+].[K+]. The average Bonchev–Trinajstić information content (AvgIpc) is 2.66. The second-order valence-corrected chi connectivity index (χ2v) is 9.15. The predicted molar refractivity (Wildman–Crippen MR) is 112 cm³/mol. The molecule has 0 aromatic heterocycles. The first kappa shape index (κ1) is 36.9. The second-order valence-electron chi connectivity index (χ2n) is 8.00. The summed E-state index contributed by atoms with van der Waals surface area (Å²) < 4.78 is 14.4. The Labute approximate surface area is 266 Å². The molecule has 1 aliphatic carbocycles. The average molecular weight is 483 g/mol. The van der Waals surface area contributed by atoms with Gasteiger partial charge in [-0.3, -0.25) is 0 Å². The van der Waals surface area contributed by atoms with Crippen molar-refractivity contribution in [2.75, 3.05) is 6.61 Å². The molecule has 0 atom stereocenters. The molecule has 0 heterocycles. The van der Waals surface area contributed by atoms with Crippen molar-refractivity contribution in [2.45, 2.75) is 135 Å². The van der Waals surface area contributed by atoms with Crippen molar-refractivity contribution in [1.29, 1.82) is 0 Å². The second kappa shape index (κ2) is 29.4. The molecule has 0 N–H and O–H groups in total. The van der Waals surface area contributed by atoms with E-state index in [9.17, 15) is 14.4 Å². The predicted octanol–water partition coefficient (Wildman–Crippen LogP) is 0.662. The van der Waals surface area contributed by atoms with E-state index in [1.165, 1.54) is 109 Å². The van der Waals surface area contributed by atoms with Crippen molar-refractivity contribution in [3.05, 3.63) is 0 Å². The van der Waals surface area contributed by atoms with Crippen LogP contribution in [0.2, 0.25) is 0 Å². The maximum atomic E-state index is 10.2. The Morgan fingerprint density at radius 1 is 0.586 bits per heavy atom. The summed E-state index contributed by atoms with van der Waals surface area (Å²) in [5.74, 6) is 0. The van der Waals surface area contributed by atoms with Crippen LogP contribution < -0.4 is 113 Å². The van der Waals surface area contributed by atoms with E-state index in [1.807, 2.05) is 0 Å². The Morgan fingerprint density at radius 3 is 1.14 bits per heavy atom. The first-order chi connectivity index (χ1) is 13.1. The van der Waals surface area contributed by atoms with Gasteiger partial charge in [0.2, 0.25) is 0 Å². The summed E-state index contributed by atoms with van der Waals surface area (Å²) in [5, 5.41) is 0. The minimum absolute atomic E-state index is 0. The summed E-state index contributed by atoms with van der Waals surface area (Å²) in [4.78, 5) is 20.4. The van der Waals surface area contributed by atoms with Crippen LogP contribution in [0.5, 0.6) is 0 Å². The van der Waals surface area contributed by atoms with Gasteiger partial charge < -0.3 is 18.9 Å². The van der Waals surface area contributed by atoms with E-state index in [4.69, 9.17) is 0 Å². The number of hydrogen-bond donors (Lipinski definition) is 0. The van der Waals surface area contributed by atoms with Gasteiger partial charge in [-0.05, 0) is 6.42 Å². The van der Waals surface area contributed by atoms with E-state index in [0.717, 1.165) is 12.8 Å². The summed E-state index contributed by atoms with van der Waals surface area (Å²) in [6.07, 6.45) is 26.4. The Bertz CT molecular complexity index is 325. The van der Waals surface area contributed by atoms with Crippen molar-refractivity contribution < 1.29 is 122 Å². The van der Waals surface area contributed by atoms with Crippen LogP contribution in [0, 0.1) is 0 Å². The van der Waals surface area contributed by atoms with Gasteiger partial charge in [-0.15, -0.1) is 0 Å². The van der Waals surface area contributed by atoms with Gasteiger partial charge in [-0.1, -0.05) is 129 Å². The molecule has 0 aromatic rings. The molecule has 0 bridgehead atoms. The largest absolute Gasteiger partial charge is 1.00 e. The Balaban J connectivity index is -0.000000718. The van der Waals surface area contributed by atoms with E-state index in [2.05, 4.69) is 11.4 Å². The quantitative estimate of drug-likeness (QED) is 0.184. The van der Waals surface area contributed by atoms with Gasteiger partial charge in [0.05, 0.1) is 14.4 Å². The molecule has 0 saturated heterocycles. The van der Waals surface area contributed by atoms with Crippen molar-refractivity contribution in [2.24, 2.45) is 0 Å². The van der Waals surface area contributed by atoms with Gasteiger partial charge in [0.1, 0.15) is 0 Å². The number of rotatable bonds is 16. The minimum atomic E-state index is -4.75. The van der Waals surface area contributed by atoms with Crippen LogP contribution in [0.3, 0.4) is 0 Å². The van der Waals surface area contributed by atoms with Crippen LogP contribution in [-0.4, -0.2) is 6.61 Å². The minimum Gasteiger partial charge on any atom is -0.790 e. The normalized spacial score (nSPS) is 13.6. The van der Waals surface area contributed by atoms with Gasteiger partial charge in [0.15, 0.2) is 0 Å². The number of hydrogen-bond acceptors (Lipinski definition) is 4. The number of phosphoric acid groups is 1. The Morgan fingerprint density at radius 2 is 0.862 bits per heavy atom. The van der Waals surface area contributed by atoms with Crippen LogP contribution in [-0.2, 0) is 9.09 Å². The fourth-order valence-corrected chi connectivity index (χ4v) is 3.89. The number of phosphoric ester groups is 1. The summed E-state index contributed by atoms with van der Waals surface area (Å²) in [6.45, 7) is 2.29. The molecular formula is C22H45K2O4P. The van der Waals surface area contributed by atoms with Crippen LogP contribution in [0.1, 0.15) is 135 Å². The first-order valence-electron chi connectivity index (χ1n) is 11.7. The van der Waals surface area contributed by atoms with Gasteiger partial charge in [-0.25, -0.2) is 0 Å². The fraction of sp³-hybridized carbons (Fsp3) is 1.00. The third-order valence-corrected chi connectivity index (χ3v) is 5.75. The molecule has 1 fully saturated rings. The summed E-state index contributed by atoms with van der Waals surface area (Å²) in [5.41, 5.74) is 0. The molecule has 0 aliphatic heterocycles. The van der Waals surface area contributed by atoms with Gasteiger partial charge in [0, 0.05) is 0 Å². The zero-order chi connectivity index (χ0) is 20.1. The van der Waals surface area contributed by atoms with Gasteiger partial charge in [-0.2, -0.15) is 0 Å². The molecule has 164 valence electrons. The van der Waals surface area contributed by atoms with Crippen molar-refractivity contribution in [3.8, 4) is 0 Å². The molecule has 29 heavy (non-hydrogen) atoms. The third kappa shape index (κ3) is 36.1. The molecule has 1 rings (SSSR count). The molecule has 0 radical (unpaired) electrons.